The SMILES string of the molecule is CCC(C)C(C)NCC1(CCOC)CC1. The van der Waals surface area contributed by atoms with Crippen molar-refractivity contribution in [3.05, 3.63) is 0 Å². The van der Waals surface area contributed by atoms with Gasteiger partial charge in [-0.3, -0.25) is 0 Å². The first kappa shape index (κ1) is 13.0. The number of rotatable bonds is 8. The van der Waals surface area contributed by atoms with Gasteiger partial charge in [-0.2, -0.15) is 0 Å². The number of nitrogens with one attached hydrogen (secondary N) is 1. The van der Waals surface area contributed by atoms with Crippen LogP contribution in [0.5, 0.6) is 0 Å². The van der Waals surface area contributed by atoms with Crippen LogP contribution in [0, 0.1) is 11.3 Å². The second-order valence-electron chi connectivity index (χ2n) is 5.30. The lowest BCUT2D eigenvalue weighted by molar-refractivity contribution is 0.169. The third kappa shape index (κ3) is 4.12. The third-order valence-corrected chi connectivity index (χ3v) is 4.09. The van der Waals surface area contributed by atoms with Gasteiger partial charge in [0, 0.05) is 26.3 Å². The van der Waals surface area contributed by atoms with Crippen LogP contribution in [0.15, 0.2) is 0 Å². The minimum atomic E-state index is 0.581. The molecule has 1 fully saturated rings. The maximum atomic E-state index is 5.17. The molecule has 2 atom stereocenters. The molecule has 0 spiro atoms. The smallest absolute Gasteiger partial charge is 0.0468 e. The van der Waals surface area contributed by atoms with E-state index < -0.39 is 0 Å². The lowest BCUT2D eigenvalue weighted by Crippen LogP contribution is -2.36. The van der Waals surface area contributed by atoms with Crippen molar-refractivity contribution < 1.29 is 4.74 Å². The summed E-state index contributed by atoms with van der Waals surface area (Å²) in [6, 6.07) is 0.648. The molecule has 2 heteroatoms. The lowest BCUT2D eigenvalue weighted by Gasteiger charge is -2.23. The molecule has 15 heavy (non-hydrogen) atoms. The molecule has 0 saturated heterocycles. The summed E-state index contributed by atoms with van der Waals surface area (Å²) in [4.78, 5) is 0. The van der Waals surface area contributed by atoms with Crippen LogP contribution < -0.4 is 5.32 Å². The molecule has 0 aliphatic heterocycles. The molecule has 0 aromatic heterocycles. The maximum absolute atomic E-state index is 5.17. The number of methoxy groups -OCH3 is 1. The molecule has 0 amide bonds. The molecular formula is C13H27NO. The Morgan fingerprint density at radius 3 is 2.47 bits per heavy atom. The third-order valence-electron chi connectivity index (χ3n) is 4.09. The Morgan fingerprint density at radius 2 is 2.00 bits per heavy atom. The minimum Gasteiger partial charge on any atom is -0.385 e. The van der Waals surface area contributed by atoms with Gasteiger partial charge in [0.1, 0.15) is 0 Å². The van der Waals surface area contributed by atoms with E-state index >= 15 is 0 Å². The van der Waals surface area contributed by atoms with Gasteiger partial charge < -0.3 is 10.1 Å². The highest BCUT2D eigenvalue weighted by Gasteiger charge is 2.41. The molecule has 90 valence electrons. The zero-order valence-corrected chi connectivity index (χ0v) is 10.8. The Bertz CT molecular complexity index is 177. The molecular weight excluding hydrogens is 186 g/mol. The van der Waals surface area contributed by atoms with E-state index in [-0.39, 0.29) is 0 Å². The lowest BCUT2D eigenvalue weighted by atomic mass is 9.98. The Labute approximate surface area is 94.8 Å². The van der Waals surface area contributed by atoms with Crippen LogP contribution >= 0.6 is 0 Å². The summed E-state index contributed by atoms with van der Waals surface area (Å²) in [7, 11) is 1.80. The Hall–Kier alpha value is -0.0800. The van der Waals surface area contributed by atoms with E-state index in [0.29, 0.717) is 11.5 Å². The number of hydrogen-bond donors (Lipinski definition) is 1. The van der Waals surface area contributed by atoms with Gasteiger partial charge in [0.25, 0.3) is 0 Å². The van der Waals surface area contributed by atoms with Crippen molar-refractivity contribution in [1.29, 1.82) is 0 Å². The zero-order chi connectivity index (χ0) is 11.3. The van der Waals surface area contributed by atoms with Gasteiger partial charge in [-0.1, -0.05) is 20.3 Å². The second-order valence-corrected chi connectivity index (χ2v) is 5.30. The molecule has 0 bridgehead atoms. The molecule has 1 saturated carbocycles. The predicted octanol–water partition coefficient (Wildman–Crippen LogP) is 2.83. The topological polar surface area (TPSA) is 21.3 Å². The van der Waals surface area contributed by atoms with Crippen LogP contribution in [0.4, 0.5) is 0 Å². The molecule has 1 aliphatic rings. The summed E-state index contributed by atoms with van der Waals surface area (Å²) in [6.45, 7) is 8.99. The van der Waals surface area contributed by atoms with Crippen LogP contribution in [0.1, 0.15) is 46.5 Å². The first-order chi connectivity index (χ1) is 7.13. The van der Waals surface area contributed by atoms with Gasteiger partial charge in [0.05, 0.1) is 0 Å². The van der Waals surface area contributed by atoms with Crippen molar-refractivity contribution in [2.75, 3.05) is 20.3 Å². The van der Waals surface area contributed by atoms with Crippen molar-refractivity contribution in [2.24, 2.45) is 11.3 Å². The standard InChI is InChI=1S/C13H27NO/c1-5-11(2)12(3)14-10-13(6-7-13)8-9-15-4/h11-12,14H,5-10H2,1-4H3. The van der Waals surface area contributed by atoms with E-state index in [2.05, 4.69) is 26.1 Å². The van der Waals surface area contributed by atoms with Crippen LogP contribution in [-0.2, 0) is 4.74 Å². The quantitative estimate of drug-likeness (QED) is 0.669. The van der Waals surface area contributed by atoms with E-state index in [4.69, 9.17) is 4.74 Å². The van der Waals surface area contributed by atoms with Crippen LogP contribution in [0.2, 0.25) is 0 Å². The van der Waals surface area contributed by atoms with E-state index in [1.807, 2.05) is 0 Å². The van der Waals surface area contributed by atoms with Crippen molar-refractivity contribution in [2.45, 2.75) is 52.5 Å². The molecule has 0 radical (unpaired) electrons. The highest BCUT2D eigenvalue weighted by atomic mass is 16.5. The highest BCUT2D eigenvalue weighted by Crippen LogP contribution is 2.48. The normalized spacial score (nSPS) is 22.4. The van der Waals surface area contributed by atoms with Crippen molar-refractivity contribution in [3.8, 4) is 0 Å². The fraction of sp³-hybridized carbons (Fsp3) is 1.00. The van der Waals surface area contributed by atoms with Crippen LogP contribution in [0.3, 0.4) is 0 Å². The number of ether oxygens (including phenoxy) is 1. The number of hydrogen-bond acceptors (Lipinski definition) is 2. The van der Waals surface area contributed by atoms with Gasteiger partial charge in [-0.15, -0.1) is 0 Å². The van der Waals surface area contributed by atoms with E-state index in [9.17, 15) is 0 Å². The van der Waals surface area contributed by atoms with Crippen molar-refractivity contribution in [3.63, 3.8) is 0 Å². The summed E-state index contributed by atoms with van der Waals surface area (Å²) in [5, 5.41) is 3.69. The monoisotopic (exact) mass is 213 g/mol. The van der Waals surface area contributed by atoms with Crippen LogP contribution in [-0.4, -0.2) is 26.3 Å². The molecule has 2 unspecified atom stereocenters. The Kier molecular flexibility index (Phi) is 5.07. The molecule has 1 aliphatic carbocycles. The zero-order valence-electron chi connectivity index (χ0n) is 10.8. The Balaban J connectivity index is 2.18. The average molecular weight is 213 g/mol. The van der Waals surface area contributed by atoms with E-state index in [1.54, 1.807) is 7.11 Å². The molecule has 0 heterocycles. The fourth-order valence-corrected chi connectivity index (χ4v) is 1.94. The van der Waals surface area contributed by atoms with Gasteiger partial charge in [-0.05, 0) is 37.5 Å². The Morgan fingerprint density at radius 1 is 1.33 bits per heavy atom. The first-order valence-electron chi connectivity index (χ1n) is 6.36. The molecule has 1 rings (SSSR count). The summed E-state index contributed by atoms with van der Waals surface area (Å²) in [5.41, 5.74) is 0.581. The molecule has 0 aromatic carbocycles. The van der Waals surface area contributed by atoms with Crippen molar-refractivity contribution >= 4 is 0 Å². The van der Waals surface area contributed by atoms with E-state index in [1.165, 1.54) is 32.2 Å². The molecule has 2 nitrogen and oxygen atoms in total. The second kappa shape index (κ2) is 5.86. The van der Waals surface area contributed by atoms with Crippen LogP contribution in [0.25, 0.3) is 0 Å². The largest absolute Gasteiger partial charge is 0.385 e. The fourth-order valence-electron chi connectivity index (χ4n) is 1.94. The molecule has 1 N–H and O–H groups in total. The van der Waals surface area contributed by atoms with E-state index in [0.717, 1.165) is 12.5 Å². The van der Waals surface area contributed by atoms with Gasteiger partial charge in [0.15, 0.2) is 0 Å². The summed E-state index contributed by atoms with van der Waals surface area (Å²) < 4.78 is 5.17. The van der Waals surface area contributed by atoms with Crippen molar-refractivity contribution in [1.82, 2.24) is 5.32 Å². The predicted molar refractivity (Wildman–Crippen MR) is 65.1 cm³/mol. The summed E-state index contributed by atoms with van der Waals surface area (Å²) in [6.07, 6.45) is 5.26. The average Bonchev–Trinajstić information content (AvgIpc) is 3.03. The summed E-state index contributed by atoms with van der Waals surface area (Å²) >= 11 is 0. The first-order valence-corrected chi connectivity index (χ1v) is 6.36. The highest BCUT2D eigenvalue weighted by molar-refractivity contribution is 4.95. The minimum absolute atomic E-state index is 0.581. The van der Waals surface area contributed by atoms with Gasteiger partial charge in [0.2, 0.25) is 0 Å². The molecule has 0 aromatic rings. The summed E-state index contributed by atoms with van der Waals surface area (Å²) in [5.74, 6) is 0.781. The van der Waals surface area contributed by atoms with Gasteiger partial charge >= 0.3 is 0 Å². The van der Waals surface area contributed by atoms with Gasteiger partial charge in [-0.25, -0.2) is 0 Å². The maximum Gasteiger partial charge on any atom is 0.0468 e.